The summed E-state index contributed by atoms with van der Waals surface area (Å²) in [5, 5.41) is 3.23. The first-order chi connectivity index (χ1) is 10.7. The number of hydrogen-bond donors (Lipinski definition) is 1. The molecule has 0 aromatic heterocycles. The van der Waals surface area contributed by atoms with E-state index in [2.05, 4.69) is 29.1 Å². The third-order valence-electron chi connectivity index (χ3n) is 5.04. The molecular weight excluding hydrogens is 437 g/mol. The Balaban J connectivity index is 0.00000529. The standard InChI is InChI=1S/C17H35N3O2S.HI/c1-7-14(8-2)15-9-11-20(13-15)16(18-6)19-10-12-23(21,22)17(3,4)5;/h14-15H,7-13H2,1-6H3,(H,18,19);1H. The monoisotopic (exact) mass is 473 g/mol. The van der Waals surface area contributed by atoms with Crippen molar-refractivity contribution < 1.29 is 8.42 Å². The van der Waals surface area contributed by atoms with Gasteiger partial charge in [0.15, 0.2) is 15.8 Å². The largest absolute Gasteiger partial charge is 0.355 e. The summed E-state index contributed by atoms with van der Waals surface area (Å²) in [6.07, 6.45) is 3.66. The predicted octanol–water partition coefficient (Wildman–Crippen LogP) is 3.15. The molecule has 1 aliphatic rings. The fourth-order valence-electron chi connectivity index (χ4n) is 3.26. The molecule has 0 aromatic rings. The van der Waals surface area contributed by atoms with E-state index in [-0.39, 0.29) is 29.7 Å². The number of likely N-dealkylation sites (tertiary alicyclic amines) is 1. The molecule has 1 unspecified atom stereocenters. The summed E-state index contributed by atoms with van der Waals surface area (Å²) < 4.78 is 23.6. The molecule has 1 aliphatic heterocycles. The van der Waals surface area contributed by atoms with Gasteiger partial charge in [0.05, 0.1) is 10.5 Å². The number of nitrogens with zero attached hydrogens (tertiary/aromatic N) is 2. The van der Waals surface area contributed by atoms with Gasteiger partial charge in [0.1, 0.15) is 0 Å². The maximum absolute atomic E-state index is 12.2. The highest BCUT2D eigenvalue weighted by molar-refractivity contribution is 14.0. The summed E-state index contributed by atoms with van der Waals surface area (Å²) in [5.74, 6) is 2.48. The van der Waals surface area contributed by atoms with E-state index in [4.69, 9.17) is 0 Å². The van der Waals surface area contributed by atoms with Crippen LogP contribution in [0.2, 0.25) is 0 Å². The molecule has 1 saturated heterocycles. The van der Waals surface area contributed by atoms with Gasteiger partial charge in [-0.25, -0.2) is 8.42 Å². The third kappa shape index (κ3) is 6.35. The van der Waals surface area contributed by atoms with Crippen molar-refractivity contribution in [3.63, 3.8) is 0 Å². The molecule has 24 heavy (non-hydrogen) atoms. The van der Waals surface area contributed by atoms with Crippen LogP contribution in [-0.4, -0.2) is 56.5 Å². The first-order valence-corrected chi connectivity index (χ1v) is 10.5. The van der Waals surface area contributed by atoms with E-state index in [9.17, 15) is 8.42 Å². The lowest BCUT2D eigenvalue weighted by Gasteiger charge is -2.25. The molecule has 0 radical (unpaired) electrons. The van der Waals surface area contributed by atoms with Crippen LogP contribution < -0.4 is 5.32 Å². The second-order valence-corrected chi connectivity index (χ2v) is 10.3. The van der Waals surface area contributed by atoms with Gasteiger partial charge < -0.3 is 10.2 Å². The van der Waals surface area contributed by atoms with Crippen molar-refractivity contribution in [2.45, 2.75) is 58.6 Å². The summed E-state index contributed by atoms with van der Waals surface area (Å²) in [7, 11) is -1.32. The molecule has 0 aliphatic carbocycles. The molecule has 0 saturated carbocycles. The second-order valence-electron chi connectivity index (χ2n) is 7.48. The van der Waals surface area contributed by atoms with E-state index in [0.29, 0.717) is 6.54 Å². The molecular formula is C17H36IN3O2S. The molecule has 1 rings (SSSR count). The molecule has 0 aromatic carbocycles. The van der Waals surface area contributed by atoms with Crippen molar-refractivity contribution in [3.8, 4) is 0 Å². The average Bonchev–Trinajstić information content (AvgIpc) is 2.93. The zero-order valence-electron chi connectivity index (χ0n) is 16.1. The number of nitrogens with one attached hydrogen (secondary N) is 1. The van der Waals surface area contributed by atoms with E-state index in [1.165, 1.54) is 19.3 Å². The topological polar surface area (TPSA) is 61.8 Å². The molecule has 1 atom stereocenters. The maximum Gasteiger partial charge on any atom is 0.193 e. The molecule has 1 N–H and O–H groups in total. The second kappa shape index (κ2) is 10.2. The molecule has 0 spiro atoms. The lowest BCUT2D eigenvalue weighted by molar-refractivity contribution is 0.319. The molecule has 7 heteroatoms. The van der Waals surface area contributed by atoms with Crippen molar-refractivity contribution in [2.75, 3.05) is 32.4 Å². The Kier molecular flexibility index (Phi) is 10.2. The maximum atomic E-state index is 12.2. The molecule has 144 valence electrons. The molecule has 0 amide bonds. The highest BCUT2D eigenvalue weighted by Crippen LogP contribution is 2.28. The Morgan fingerprint density at radius 1 is 1.29 bits per heavy atom. The van der Waals surface area contributed by atoms with E-state index in [1.807, 2.05) is 0 Å². The molecule has 1 fully saturated rings. The van der Waals surface area contributed by atoms with Gasteiger partial charge in [-0.3, -0.25) is 4.99 Å². The summed E-state index contributed by atoms with van der Waals surface area (Å²) in [4.78, 5) is 6.60. The van der Waals surface area contributed by atoms with E-state index >= 15 is 0 Å². The van der Waals surface area contributed by atoms with Crippen molar-refractivity contribution >= 4 is 39.8 Å². The van der Waals surface area contributed by atoms with Crippen molar-refractivity contribution in [1.82, 2.24) is 10.2 Å². The number of sulfone groups is 1. The van der Waals surface area contributed by atoms with Gasteiger partial charge in [-0.1, -0.05) is 26.7 Å². The zero-order valence-corrected chi connectivity index (χ0v) is 19.3. The number of hydrogen-bond acceptors (Lipinski definition) is 3. The lowest BCUT2D eigenvalue weighted by atomic mass is 9.87. The Morgan fingerprint density at radius 2 is 1.88 bits per heavy atom. The summed E-state index contributed by atoms with van der Waals surface area (Å²) in [5.41, 5.74) is 0. The fourth-order valence-corrected chi connectivity index (χ4v) is 4.24. The van der Waals surface area contributed by atoms with Crippen LogP contribution in [0.4, 0.5) is 0 Å². The van der Waals surface area contributed by atoms with Gasteiger partial charge in [-0.15, -0.1) is 24.0 Å². The van der Waals surface area contributed by atoms with Crippen LogP contribution in [0.15, 0.2) is 4.99 Å². The quantitative estimate of drug-likeness (QED) is 0.366. The predicted molar refractivity (Wildman–Crippen MR) is 114 cm³/mol. The number of aliphatic imine (C=N–C) groups is 1. The highest BCUT2D eigenvalue weighted by atomic mass is 127. The average molecular weight is 473 g/mol. The molecule has 5 nitrogen and oxygen atoms in total. The number of rotatable bonds is 6. The first kappa shape index (κ1) is 23.9. The van der Waals surface area contributed by atoms with Gasteiger partial charge in [0, 0.05) is 26.7 Å². The summed E-state index contributed by atoms with van der Waals surface area (Å²) in [6.45, 7) is 12.2. The van der Waals surface area contributed by atoms with Gasteiger partial charge in [0.2, 0.25) is 0 Å². The third-order valence-corrected chi connectivity index (χ3v) is 7.65. The lowest BCUT2D eigenvalue weighted by Crippen LogP contribution is -2.43. The van der Waals surface area contributed by atoms with Crippen molar-refractivity contribution in [3.05, 3.63) is 0 Å². The Hall–Kier alpha value is -0.0500. The summed E-state index contributed by atoms with van der Waals surface area (Å²) >= 11 is 0. The normalized spacial score (nSPS) is 19.5. The Labute approximate surface area is 166 Å². The van der Waals surface area contributed by atoms with Crippen molar-refractivity contribution in [2.24, 2.45) is 16.8 Å². The first-order valence-electron chi connectivity index (χ1n) is 8.84. The van der Waals surface area contributed by atoms with Crippen LogP contribution in [0.5, 0.6) is 0 Å². The van der Waals surface area contributed by atoms with Crippen LogP contribution in [0, 0.1) is 11.8 Å². The summed E-state index contributed by atoms with van der Waals surface area (Å²) in [6, 6.07) is 0. The van der Waals surface area contributed by atoms with Crippen LogP contribution in [0.3, 0.4) is 0 Å². The molecule has 0 bridgehead atoms. The SMILES string of the molecule is CCC(CC)C1CCN(C(=NC)NCCS(=O)(=O)C(C)(C)C)C1.I. The van der Waals surface area contributed by atoms with Gasteiger partial charge in [-0.05, 0) is 39.0 Å². The van der Waals surface area contributed by atoms with Gasteiger partial charge in [-0.2, -0.15) is 0 Å². The number of halogens is 1. The van der Waals surface area contributed by atoms with Crippen LogP contribution in [-0.2, 0) is 9.84 Å². The minimum Gasteiger partial charge on any atom is -0.355 e. The smallest absolute Gasteiger partial charge is 0.193 e. The minimum absolute atomic E-state index is 0. The van der Waals surface area contributed by atoms with E-state index < -0.39 is 14.6 Å². The Bertz CT molecular complexity index is 496. The van der Waals surface area contributed by atoms with E-state index in [0.717, 1.165) is 30.9 Å². The number of guanidine groups is 1. The minimum atomic E-state index is -3.09. The van der Waals surface area contributed by atoms with Gasteiger partial charge >= 0.3 is 0 Å². The Morgan fingerprint density at radius 3 is 2.33 bits per heavy atom. The van der Waals surface area contributed by atoms with Gasteiger partial charge in [0.25, 0.3) is 0 Å². The van der Waals surface area contributed by atoms with Crippen LogP contribution in [0.1, 0.15) is 53.9 Å². The van der Waals surface area contributed by atoms with Crippen LogP contribution in [0.25, 0.3) is 0 Å². The molecule has 1 heterocycles. The van der Waals surface area contributed by atoms with Crippen LogP contribution >= 0.6 is 24.0 Å². The fraction of sp³-hybridized carbons (Fsp3) is 0.941. The zero-order chi connectivity index (χ0) is 17.7. The van der Waals surface area contributed by atoms with E-state index in [1.54, 1.807) is 27.8 Å². The highest BCUT2D eigenvalue weighted by Gasteiger charge is 2.30. The van der Waals surface area contributed by atoms with Crippen molar-refractivity contribution in [1.29, 1.82) is 0 Å².